The SMILES string of the molecule is O=C(Nc1cccc(C2SCCS2)c1)c1csc(Br)c1. The number of nitrogens with one attached hydrogen (secondary N) is 1. The molecule has 1 aliphatic heterocycles. The number of thiophene rings is 1. The zero-order valence-corrected chi connectivity index (χ0v) is 14.5. The summed E-state index contributed by atoms with van der Waals surface area (Å²) >= 11 is 8.83. The lowest BCUT2D eigenvalue weighted by molar-refractivity contribution is 0.102. The van der Waals surface area contributed by atoms with Crippen LogP contribution in [-0.2, 0) is 0 Å². The molecule has 1 N–H and O–H groups in total. The number of carbonyl (C=O) groups is 1. The maximum absolute atomic E-state index is 12.1. The monoisotopic (exact) mass is 385 g/mol. The molecule has 104 valence electrons. The average Bonchev–Trinajstić information content (AvgIpc) is 3.10. The molecule has 0 saturated carbocycles. The van der Waals surface area contributed by atoms with E-state index in [-0.39, 0.29) is 5.91 Å². The van der Waals surface area contributed by atoms with Gasteiger partial charge in [-0.05, 0) is 39.7 Å². The van der Waals surface area contributed by atoms with Crippen molar-refractivity contribution in [3.05, 3.63) is 50.6 Å². The van der Waals surface area contributed by atoms with Gasteiger partial charge in [-0.15, -0.1) is 34.9 Å². The molecule has 20 heavy (non-hydrogen) atoms. The molecule has 1 saturated heterocycles. The topological polar surface area (TPSA) is 29.1 Å². The fourth-order valence-electron chi connectivity index (χ4n) is 1.95. The molecule has 0 unspecified atom stereocenters. The van der Waals surface area contributed by atoms with Crippen molar-refractivity contribution in [1.29, 1.82) is 0 Å². The van der Waals surface area contributed by atoms with Gasteiger partial charge >= 0.3 is 0 Å². The molecule has 0 spiro atoms. The maximum atomic E-state index is 12.1. The number of hydrogen-bond acceptors (Lipinski definition) is 4. The Hall–Kier alpha value is -0.430. The summed E-state index contributed by atoms with van der Waals surface area (Å²) in [6.45, 7) is 0. The lowest BCUT2D eigenvalue weighted by atomic mass is 10.2. The molecule has 0 atom stereocenters. The van der Waals surface area contributed by atoms with Gasteiger partial charge in [-0.2, -0.15) is 0 Å². The number of thioether (sulfide) groups is 2. The van der Waals surface area contributed by atoms with Gasteiger partial charge in [0.1, 0.15) is 0 Å². The van der Waals surface area contributed by atoms with E-state index in [9.17, 15) is 4.79 Å². The van der Waals surface area contributed by atoms with Crippen LogP contribution >= 0.6 is 50.8 Å². The molecule has 2 nitrogen and oxygen atoms in total. The molecule has 1 aromatic heterocycles. The Bertz CT molecular complexity index is 622. The number of hydrogen-bond donors (Lipinski definition) is 1. The molecule has 2 heterocycles. The standard InChI is InChI=1S/C14H12BrNOS3/c15-12-7-10(8-20-12)13(17)16-11-3-1-2-9(6-11)14-18-4-5-19-14/h1-3,6-8,14H,4-5H2,(H,16,17). The van der Waals surface area contributed by atoms with E-state index in [1.807, 2.05) is 47.1 Å². The van der Waals surface area contributed by atoms with Crippen LogP contribution in [0.15, 0.2) is 39.5 Å². The summed E-state index contributed by atoms with van der Waals surface area (Å²) in [6.07, 6.45) is 0. The molecule has 0 bridgehead atoms. The fourth-order valence-corrected chi connectivity index (χ4v) is 5.92. The Balaban J connectivity index is 1.74. The number of rotatable bonds is 3. The first-order valence-corrected chi connectivity index (χ1v) is 9.88. The molecule has 1 amide bonds. The van der Waals surface area contributed by atoms with Crippen LogP contribution in [0.4, 0.5) is 5.69 Å². The number of anilines is 1. The predicted molar refractivity (Wildman–Crippen MR) is 94.1 cm³/mol. The Morgan fingerprint density at radius 1 is 1.25 bits per heavy atom. The van der Waals surface area contributed by atoms with Crippen LogP contribution in [-0.4, -0.2) is 17.4 Å². The van der Waals surface area contributed by atoms with Crippen LogP contribution < -0.4 is 5.32 Å². The second kappa shape index (κ2) is 6.56. The van der Waals surface area contributed by atoms with Crippen LogP contribution in [0.25, 0.3) is 0 Å². The number of carbonyl (C=O) groups excluding carboxylic acids is 1. The zero-order valence-electron chi connectivity index (χ0n) is 10.5. The van der Waals surface area contributed by atoms with Crippen LogP contribution in [0.3, 0.4) is 0 Å². The lowest BCUT2D eigenvalue weighted by Gasteiger charge is -2.10. The van der Waals surface area contributed by atoms with E-state index in [1.54, 1.807) is 0 Å². The first-order valence-electron chi connectivity index (χ1n) is 6.11. The Morgan fingerprint density at radius 2 is 2.05 bits per heavy atom. The minimum atomic E-state index is -0.0594. The van der Waals surface area contributed by atoms with Crippen molar-refractivity contribution in [1.82, 2.24) is 0 Å². The number of halogens is 1. The van der Waals surface area contributed by atoms with Gasteiger partial charge in [-0.1, -0.05) is 12.1 Å². The van der Waals surface area contributed by atoms with Crippen LogP contribution in [0.5, 0.6) is 0 Å². The number of benzene rings is 1. The summed E-state index contributed by atoms with van der Waals surface area (Å²) < 4.78 is 1.47. The van der Waals surface area contributed by atoms with Gasteiger partial charge in [0.25, 0.3) is 5.91 Å². The van der Waals surface area contributed by atoms with Crippen molar-refractivity contribution in [2.24, 2.45) is 0 Å². The summed E-state index contributed by atoms with van der Waals surface area (Å²) in [7, 11) is 0. The largest absolute Gasteiger partial charge is 0.322 e. The molecule has 3 rings (SSSR count). The minimum absolute atomic E-state index is 0.0594. The highest BCUT2D eigenvalue weighted by Crippen LogP contribution is 2.45. The van der Waals surface area contributed by atoms with Crippen LogP contribution in [0.1, 0.15) is 20.5 Å². The molecule has 1 aromatic carbocycles. The van der Waals surface area contributed by atoms with Gasteiger partial charge in [0.15, 0.2) is 0 Å². The molecular formula is C14H12BrNOS3. The molecule has 1 fully saturated rings. The van der Waals surface area contributed by atoms with Gasteiger partial charge in [0, 0.05) is 22.6 Å². The Morgan fingerprint density at radius 3 is 2.75 bits per heavy atom. The van der Waals surface area contributed by atoms with Crippen molar-refractivity contribution >= 4 is 62.4 Å². The second-order valence-corrected chi connectivity index (χ2v) is 9.31. The van der Waals surface area contributed by atoms with Gasteiger partial charge in [0.2, 0.25) is 0 Å². The molecule has 0 radical (unpaired) electrons. The Kier molecular flexibility index (Phi) is 4.75. The van der Waals surface area contributed by atoms with E-state index in [0.29, 0.717) is 10.1 Å². The highest BCUT2D eigenvalue weighted by atomic mass is 79.9. The maximum Gasteiger partial charge on any atom is 0.256 e. The van der Waals surface area contributed by atoms with E-state index >= 15 is 0 Å². The summed E-state index contributed by atoms with van der Waals surface area (Å²) in [6, 6.07) is 10.00. The molecular weight excluding hydrogens is 374 g/mol. The third-order valence-electron chi connectivity index (χ3n) is 2.87. The normalized spacial score (nSPS) is 15.4. The first kappa shape index (κ1) is 14.5. The molecule has 1 aliphatic rings. The predicted octanol–water partition coefficient (Wildman–Crippen LogP) is 5.24. The number of amides is 1. The minimum Gasteiger partial charge on any atom is -0.322 e. The smallest absolute Gasteiger partial charge is 0.256 e. The van der Waals surface area contributed by atoms with E-state index in [1.165, 1.54) is 28.4 Å². The van der Waals surface area contributed by atoms with Crippen molar-refractivity contribution in [2.75, 3.05) is 16.8 Å². The Labute approximate surface area is 138 Å². The van der Waals surface area contributed by atoms with E-state index in [2.05, 4.69) is 33.4 Å². The second-order valence-electron chi connectivity index (χ2n) is 4.29. The zero-order chi connectivity index (χ0) is 13.9. The average molecular weight is 386 g/mol. The lowest BCUT2D eigenvalue weighted by Crippen LogP contribution is -2.10. The van der Waals surface area contributed by atoms with Gasteiger partial charge < -0.3 is 5.32 Å². The van der Waals surface area contributed by atoms with Gasteiger partial charge in [-0.25, -0.2) is 0 Å². The van der Waals surface area contributed by atoms with Gasteiger partial charge in [0.05, 0.1) is 13.9 Å². The highest BCUT2D eigenvalue weighted by molar-refractivity contribution is 9.11. The molecule has 6 heteroatoms. The molecule has 0 aliphatic carbocycles. The van der Waals surface area contributed by atoms with Gasteiger partial charge in [-0.3, -0.25) is 4.79 Å². The molecule has 2 aromatic rings. The van der Waals surface area contributed by atoms with E-state index in [4.69, 9.17) is 0 Å². The first-order chi connectivity index (χ1) is 9.72. The summed E-state index contributed by atoms with van der Waals surface area (Å²) in [5, 5.41) is 4.82. The quantitative estimate of drug-likeness (QED) is 0.782. The third kappa shape index (κ3) is 3.42. The summed E-state index contributed by atoms with van der Waals surface area (Å²) in [5.41, 5.74) is 2.83. The summed E-state index contributed by atoms with van der Waals surface area (Å²) in [4.78, 5) is 12.1. The van der Waals surface area contributed by atoms with Crippen molar-refractivity contribution in [3.8, 4) is 0 Å². The van der Waals surface area contributed by atoms with Crippen LogP contribution in [0.2, 0.25) is 0 Å². The van der Waals surface area contributed by atoms with E-state index in [0.717, 1.165) is 9.47 Å². The van der Waals surface area contributed by atoms with Crippen molar-refractivity contribution in [2.45, 2.75) is 4.58 Å². The highest BCUT2D eigenvalue weighted by Gasteiger charge is 2.18. The summed E-state index contributed by atoms with van der Waals surface area (Å²) in [5.74, 6) is 2.35. The van der Waals surface area contributed by atoms with Crippen molar-refractivity contribution in [3.63, 3.8) is 0 Å². The van der Waals surface area contributed by atoms with Crippen molar-refractivity contribution < 1.29 is 4.79 Å². The fraction of sp³-hybridized carbons (Fsp3) is 0.214. The third-order valence-corrected chi connectivity index (χ3v) is 7.48. The van der Waals surface area contributed by atoms with Crippen LogP contribution in [0, 0.1) is 0 Å². The van der Waals surface area contributed by atoms with E-state index < -0.39 is 0 Å².